The lowest BCUT2D eigenvalue weighted by Gasteiger charge is -2.11. The Morgan fingerprint density at radius 3 is 2.23 bits per heavy atom. The van der Waals surface area contributed by atoms with E-state index in [1.54, 1.807) is 0 Å². The van der Waals surface area contributed by atoms with E-state index in [2.05, 4.69) is 119 Å². The van der Waals surface area contributed by atoms with Gasteiger partial charge >= 0.3 is 0 Å². The van der Waals surface area contributed by atoms with Crippen LogP contribution in [-0.4, -0.2) is 11.3 Å². The number of fused-ring (bicyclic) bond motifs is 9. The number of para-hydroxylation sites is 1. The van der Waals surface area contributed by atoms with Gasteiger partial charge in [0.1, 0.15) is 23.5 Å². The van der Waals surface area contributed by atoms with Crippen molar-refractivity contribution in [3.8, 4) is 11.4 Å². The predicted molar refractivity (Wildman–Crippen MR) is 183 cm³/mol. The van der Waals surface area contributed by atoms with E-state index in [0.717, 1.165) is 38.7 Å². The van der Waals surface area contributed by atoms with Gasteiger partial charge in [-0.2, -0.15) is 0 Å². The molecule has 0 saturated carbocycles. The topological polar surface area (TPSA) is 39.7 Å². The fourth-order valence-corrected chi connectivity index (χ4v) is 6.72. The lowest BCUT2D eigenvalue weighted by Crippen LogP contribution is -1.97. The summed E-state index contributed by atoms with van der Waals surface area (Å²) >= 11 is 0. The molecule has 4 nitrogen and oxygen atoms in total. The van der Waals surface area contributed by atoms with Crippen LogP contribution in [0.4, 0.5) is 5.69 Å². The number of furan rings is 1. The molecule has 0 unspecified atom stereocenters. The first-order chi connectivity index (χ1) is 21.8. The van der Waals surface area contributed by atoms with Gasteiger partial charge < -0.3 is 13.7 Å². The Kier molecular flexibility index (Phi) is 5.38. The van der Waals surface area contributed by atoms with Crippen LogP contribution in [0.1, 0.15) is 5.56 Å². The highest BCUT2D eigenvalue weighted by Gasteiger charge is 2.18. The van der Waals surface area contributed by atoms with Crippen molar-refractivity contribution < 1.29 is 9.15 Å². The van der Waals surface area contributed by atoms with Crippen molar-refractivity contribution in [2.24, 2.45) is 4.99 Å². The molecule has 0 aliphatic heterocycles. The van der Waals surface area contributed by atoms with Gasteiger partial charge in [0.25, 0.3) is 0 Å². The maximum absolute atomic E-state index is 6.58. The van der Waals surface area contributed by atoms with Gasteiger partial charge in [-0.15, -0.1) is 0 Å². The first kappa shape index (κ1) is 24.7. The summed E-state index contributed by atoms with van der Waals surface area (Å²) in [5.74, 6) is 0.687. The fraction of sp³-hybridized carbons (Fsp3) is 0.0250. The molecule has 0 amide bonds. The van der Waals surface area contributed by atoms with E-state index in [-0.39, 0.29) is 0 Å². The SMILES string of the molecule is C=Nc1ccc2oc3ccccc3c2c1OCc1ccc2c(c1)c1c3ccccc3ccc1n2-c1ccc2ccccc2c1. The number of hydrogen-bond acceptors (Lipinski definition) is 3. The third-order valence-corrected chi connectivity index (χ3v) is 8.74. The van der Waals surface area contributed by atoms with Crippen LogP contribution in [-0.2, 0) is 6.61 Å². The normalized spacial score (nSPS) is 11.8. The number of aliphatic imine (C=N–C) groups is 1. The summed E-state index contributed by atoms with van der Waals surface area (Å²) in [7, 11) is 0. The highest BCUT2D eigenvalue weighted by atomic mass is 16.5. The van der Waals surface area contributed by atoms with Crippen LogP contribution in [0, 0.1) is 0 Å². The van der Waals surface area contributed by atoms with E-state index in [0.29, 0.717) is 18.0 Å². The molecule has 0 saturated heterocycles. The quantitative estimate of drug-likeness (QED) is 0.194. The summed E-state index contributed by atoms with van der Waals surface area (Å²) in [5.41, 5.74) is 6.85. The maximum Gasteiger partial charge on any atom is 0.157 e. The molecular formula is C40H26N2O2. The Labute approximate surface area is 253 Å². The molecule has 0 atom stereocenters. The third-order valence-electron chi connectivity index (χ3n) is 8.74. The van der Waals surface area contributed by atoms with Crippen molar-refractivity contribution >= 4 is 77.7 Å². The zero-order valence-corrected chi connectivity index (χ0v) is 23.8. The Morgan fingerprint density at radius 2 is 1.34 bits per heavy atom. The molecule has 9 aromatic rings. The number of rotatable bonds is 5. The summed E-state index contributed by atoms with van der Waals surface area (Å²) in [5, 5.41) is 9.27. The first-order valence-corrected chi connectivity index (χ1v) is 14.7. The Morgan fingerprint density at radius 1 is 0.591 bits per heavy atom. The molecule has 208 valence electrons. The molecule has 0 N–H and O–H groups in total. The van der Waals surface area contributed by atoms with Crippen molar-refractivity contribution in [1.82, 2.24) is 4.57 Å². The molecular weight excluding hydrogens is 540 g/mol. The van der Waals surface area contributed by atoms with Crippen molar-refractivity contribution in [2.75, 3.05) is 0 Å². The molecule has 0 spiro atoms. The molecule has 0 fully saturated rings. The molecule has 44 heavy (non-hydrogen) atoms. The van der Waals surface area contributed by atoms with Gasteiger partial charge in [0.2, 0.25) is 0 Å². The number of aromatic nitrogens is 1. The van der Waals surface area contributed by atoms with Crippen LogP contribution >= 0.6 is 0 Å². The number of benzene rings is 7. The van der Waals surface area contributed by atoms with Gasteiger partial charge in [-0.1, -0.05) is 84.9 Å². The smallest absolute Gasteiger partial charge is 0.157 e. The monoisotopic (exact) mass is 566 g/mol. The molecule has 7 aromatic carbocycles. The van der Waals surface area contributed by atoms with Crippen LogP contribution in [0.2, 0.25) is 0 Å². The maximum atomic E-state index is 6.58. The second-order valence-corrected chi connectivity index (χ2v) is 11.2. The van der Waals surface area contributed by atoms with Crippen LogP contribution in [0.15, 0.2) is 143 Å². The summed E-state index contributed by atoms with van der Waals surface area (Å²) in [6, 6.07) is 46.8. The molecule has 0 radical (unpaired) electrons. The summed E-state index contributed by atoms with van der Waals surface area (Å²) < 4.78 is 15.1. The van der Waals surface area contributed by atoms with Gasteiger partial charge in [-0.3, -0.25) is 4.99 Å². The third kappa shape index (κ3) is 3.68. The van der Waals surface area contributed by atoms with E-state index in [4.69, 9.17) is 9.15 Å². The van der Waals surface area contributed by atoms with Crippen LogP contribution in [0.5, 0.6) is 5.75 Å². The first-order valence-electron chi connectivity index (χ1n) is 14.7. The van der Waals surface area contributed by atoms with Crippen LogP contribution in [0.25, 0.3) is 71.0 Å². The second kappa shape index (κ2) is 9.58. The molecule has 0 aliphatic carbocycles. The van der Waals surface area contributed by atoms with Crippen molar-refractivity contribution in [3.05, 3.63) is 139 Å². The minimum absolute atomic E-state index is 0.379. The van der Waals surface area contributed by atoms with Gasteiger partial charge in [-0.05, 0) is 82.4 Å². The highest BCUT2D eigenvalue weighted by molar-refractivity contribution is 6.21. The van der Waals surface area contributed by atoms with Gasteiger partial charge in [-0.25, -0.2) is 0 Å². The zero-order valence-electron chi connectivity index (χ0n) is 23.8. The van der Waals surface area contributed by atoms with Gasteiger partial charge in [0, 0.05) is 21.8 Å². The molecule has 4 heteroatoms. The highest BCUT2D eigenvalue weighted by Crippen LogP contribution is 2.42. The average molecular weight is 567 g/mol. The number of nitrogens with zero attached hydrogens (tertiary/aromatic N) is 2. The minimum atomic E-state index is 0.379. The van der Waals surface area contributed by atoms with E-state index in [1.807, 2.05) is 30.3 Å². The molecule has 0 bridgehead atoms. The Balaban J connectivity index is 1.23. The second-order valence-electron chi connectivity index (χ2n) is 11.2. The van der Waals surface area contributed by atoms with E-state index in [1.165, 1.54) is 37.8 Å². The number of ether oxygens (including phenoxy) is 1. The predicted octanol–water partition coefficient (Wildman–Crippen LogP) is 10.9. The fourth-order valence-electron chi connectivity index (χ4n) is 6.72. The lowest BCUT2D eigenvalue weighted by atomic mass is 10.0. The van der Waals surface area contributed by atoms with Crippen molar-refractivity contribution in [2.45, 2.75) is 6.61 Å². The van der Waals surface area contributed by atoms with Gasteiger partial charge in [0.15, 0.2) is 5.75 Å². The molecule has 2 aromatic heterocycles. The van der Waals surface area contributed by atoms with Crippen LogP contribution in [0.3, 0.4) is 0 Å². The Hall–Kier alpha value is -5.87. The van der Waals surface area contributed by atoms with E-state index in [9.17, 15) is 0 Å². The van der Waals surface area contributed by atoms with Gasteiger partial charge in [0.05, 0.1) is 16.4 Å². The average Bonchev–Trinajstić information content (AvgIpc) is 3.62. The Bertz CT molecular complexity index is 2590. The zero-order chi connectivity index (χ0) is 29.2. The lowest BCUT2D eigenvalue weighted by molar-refractivity contribution is 0.311. The summed E-state index contributed by atoms with van der Waals surface area (Å²) in [6.07, 6.45) is 0. The van der Waals surface area contributed by atoms with Crippen LogP contribution < -0.4 is 4.74 Å². The largest absolute Gasteiger partial charge is 0.486 e. The van der Waals surface area contributed by atoms with E-state index >= 15 is 0 Å². The summed E-state index contributed by atoms with van der Waals surface area (Å²) in [6.45, 7) is 4.19. The van der Waals surface area contributed by atoms with Crippen molar-refractivity contribution in [1.29, 1.82) is 0 Å². The molecule has 2 heterocycles. The standard InChI is InChI=1S/C40H26N2O2/c1-41-33-18-21-37-39(31-12-6-7-13-36(31)44-37)40(33)43-24-25-14-19-34-32(22-25)38-30-11-5-4-9-27(30)16-20-35(38)42(34)29-17-15-26-8-2-3-10-28(26)23-29/h2-23H,1,24H2. The molecule has 9 rings (SSSR count). The van der Waals surface area contributed by atoms with Crippen molar-refractivity contribution in [3.63, 3.8) is 0 Å². The summed E-state index contributed by atoms with van der Waals surface area (Å²) in [4.78, 5) is 4.28. The molecule has 0 aliphatic rings. The van der Waals surface area contributed by atoms with E-state index < -0.39 is 0 Å². The number of hydrogen-bond donors (Lipinski definition) is 0. The minimum Gasteiger partial charge on any atom is -0.486 e.